The number of unbranched alkanes of at least 4 members (excludes halogenated alkanes) is 11. The lowest BCUT2D eigenvalue weighted by Crippen LogP contribution is -2.56. The maximum Gasteiger partial charge on any atom is 0.438 e. The van der Waals surface area contributed by atoms with Gasteiger partial charge >= 0.3 is 6.18 Å². The van der Waals surface area contributed by atoms with Crippen LogP contribution in [0, 0.1) is 0 Å². The largest absolute Gasteiger partial charge is 0.438 e. The van der Waals surface area contributed by atoms with E-state index in [-0.39, 0.29) is 16.3 Å². The average Bonchev–Trinajstić information content (AvgIpc) is 3.12. The third kappa shape index (κ3) is 8.02. The van der Waals surface area contributed by atoms with E-state index in [0.29, 0.717) is 18.5 Å². The molecule has 1 aromatic rings. The van der Waals surface area contributed by atoms with E-state index < -0.39 is 24.2 Å². The van der Waals surface area contributed by atoms with Crippen molar-refractivity contribution in [2.75, 3.05) is 5.73 Å². The summed E-state index contributed by atoms with van der Waals surface area (Å²) in [6.45, 7) is 2.22. The van der Waals surface area contributed by atoms with Gasteiger partial charge in [-0.3, -0.25) is 4.79 Å². The van der Waals surface area contributed by atoms with Crippen LogP contribution in [0.3, 0.4) is 0 Å². The normalized spacial score (nSPS) is 18.6. The van der Waals surface area contributed by atoms with Crippen molar-refractivity contribution in [1.29, 1.82) is 0 Å². The van der Waals surface area contributed by atoms with Gasteiger partial charge in [-0.05, 0) is 37.1 Å². The van der Waals surface area contributed by atoms with Gasteiger partial charge in [-0.15, -0.1) is 0 Å². The quantitative estimate of drug-likeness (QED) is 0.232. The van der Waals surface area contributed by atoms with Crippen LogP contribution in [0.1, 0.15) is 107 Å². The van der Waals surface area contributed by atoms with Gasteiger partial charge in [0.05, 0.1) is 0 Å². The first-order valence-corrected chi connectivity index (χ1v) is 12.2. The summed E-state index contributed by atoms with van der Waals surface area (Å²) in [6, 6.07) is 5.50. The average molecular weight is 470 g/mol. The van der Waals surface area contributed by atoms with Crippen LogP contribution < -0.4 is 5.73 Å². The van der Waals surface area contributed by atoms with Gasteiger partial charge < -0.3 is 10.8 Å². The highest BCUT2D eigenvalue weighted by Gasteiger charge is 2.63. The Kier molecular flexibility index (Phi) is 10.7. The van der Waals surface area contributed by atoms with Crippen molar-refractivity contribution in [3.8, 4) is 0 Å². The molecule has 0 saturated carbocycles. The maximum atomic E-state index is 13.6. The molecule has 1 unspecified atom stereocenters. The third-order valence-electron chi connectivity index (χ3n) is 6.17. The van der Waals surface area contributed by atoms with Crippen LogP contribution >= 0.6 is 0 Å². The van der Waals surface area contributed by atoms with Gasteiger partial charge in [0.1, 0.15) is 0 Å². The molecule has 1 heterocycles. The fourth-order valence-corrected chi connectivity index (χ4v) is 4.11. The molecule has 186 valence electrons. The Labute approximate surface area is 195 Å². The maximum absolute atomic E-state index is 13.6. The molecule has 2 rings (SSSR count). The van der Waals surface area contributed by atoms with E-state index in [9.17, 15) is 23.1 Å². The molecule has 33 heavy (non-hydrogen) atoms. The minimum Gasteiger partial charge on any atom is -0.399 e. The number of aliphatic hydroxyl groups is 1. The Hall–Kier alpha value is -2.09. The Morgan fingerprint density at radius 3 is 1.94 bits per heavy atom. The molecule has 1 aromatic carbocycles. The number of alkyl halides is 3. The van der Waals surface area contributed by atoms with Crippen molar-refractivity contribution < 1.29 is 23.1 Å². The number of benzene rings is 1. The molecule has 8 heteroatoms. The lowest BCUT2D eigenvalue weighted by atomic mass is 10.0. The summed E-state index contributed by atoms with van der Waals surface area (Å²) in [5.74, 6) is -1.00. The molecule has 1 amide bonds. The van der Waals surface area contributed by atoms with Crippen molar-refractivity contribution in [2.24, 2.45) is 5.10 Å². The molecular weight excluding hydrogens is 431 g/mol. The summed E-state index contributed by atoms with van der Waals surface area (Å²) in [5.41, 5.74) is 2.83. The molecule has 1 aliphatic rings. The Morgan fingerprint density at radius 2 is 1.45 bits per heavy atom. The first-order chi connectivity index (χ1) is 15.7. The van der Waals surface area contributed by atoms with E-state index in [2.05, 4.69) is 12.0 Å². The summed E-state index contributed by atoms with van der Waals surface area (Å²) >= 11 is 0. The van der Waals surface area contributed by atoms with Crippen molar-refractivity contribution in [1.82, 2.24) is 5.01 Å². The van der Waals surface area contributed by atoms with Crippen LogP contribution in [0.15, 0.2) is 29.4 Å². The topological polar surface area (TPSA) is 78.9 Å². The SMILES string of the molecule is CCCCCCCCCCCCCCC1=NN(C(=O)c2ccc(N)cc2)C(O)(C(F)(F)F)C1. The summed E-state index contributed by atoms with van der Waals surface area (Å²) in [5, 5.41) is 14.5. The second-order valence-electron chi connectivity index (χ2n) is 9.04. The van der Waals surface area contributed by atoms with E-state index in [1.165, 1.54) is 75.6 Å². The molecule has 1 aliphatic heterocycles. The van der Waals surface area contributed by atoms with Gasteiger partial charge in [-0.2, -0.15) is 23.3 Å². The Balaban J connectivity index is 1.78. The third-order valence-corrected chi connectivity index (χ3v) is 6.17. The van der Waals surface area contributed by atoms with Crippen LogP contribution in [0.25, 0.3) is 0 Å². The molecule has 5 nitrogen and oxygen atoms in total. The summed E-state index contributed by atoms with van der Waals surface area (Å²) < 4.78 is 40.9. The van der Waals surface area contributed by atoms with Gasteiger partial charge in [-0.25, -0.2) is 0 Å². The predicted molar refractivity (Wildman–Crippen MR) is 126 cm³/mol. The Morgan fingerprint density at radius 1 is 0.970 bits per heavy atom. The lowest BCUT2D eigenvalue weighted by molar-refractivity contribution is -0.297. The number of hydrogen-bond donors (Lipinski definition) is 2. The highest BCUT2D eigenvalue weighted by Crippen LogP contribution is 2.41. The van der Waals surface area contributed by atoms with Crippen LogP contribution in [-0.2, 0) is 0 Å². The lowest BCUT2D eigenvalue weighted by Gasteiger charge is -2.32. The highest BCUT2D eigenvalue weighted by molar-refractivity contribution is 5.98. The monoisotopic (exact) mass is 469 g/mol. The number of hydrazone groups is 1. The van der Waals surface area contributed by atoms with E-state index in [4.69, 9.17) is 5.73 Å². The molecule has 0 radical (unpaired) electrons. The van der Waals surface area contributed by atoms with E-state index in [1.807, 2.05) is 0 Å². The van der Waals surface area contributed by atoms with Crippen molar-refractivity contribution in [3.63, 3.8) is 0 Å². The summed E-state index contributed by atoms with van der Waals surface area (Å²) in [4.78, 5) is 12.7. The van der Waals surface area contributed by atoms with Gasteiger partial charge in [0.2, 0.25) is 0 Å². The van der Waals surface area contributed by atoms with Gasteiger partial charge in [0, 0.05) is 23.4 Å². The van der Waals surface area contributed by atoms with Crippen LogP contribution in [0.4, 0.5) is 18.9 Å². The van der Waals surface area contributed by atoms with Gasteiger partial charge in [-0.1, -0.05) is 77.6 Å². The number of nitrogens with zero attached hydrogens (tertiary/aromatic N) is 2. The van der Waals surface area contributed by atoms with Gasteiger partial charge in [0.15, 0.2) is 0 Å². The zero-order chi connectivity index (χ0) is 24.3. The molecule has 0 fully saturated rings. The molecule has 1 atom stereocenters. The zero-order valence-corrected chi connectivity index (χ0v) is 19.7. The number of amides is 1. The van der Waals surface area contributed by atoms with Crippen molar-refractivity contribution >= 4 is 17.3 Å². The first-order valence-electron chi connectivity index (χ1n) is 12.2. The first kappa shape index (κ1) is 27.2. The molecule has 0 aromatic heterocycles. The highest BCUT2D eigenvalue weighted by atomic mass is 19.4. The number of halogens is 3. The molecule has 3 N–H and O–H groups in total. The number of anilines is 1. The molecule has 0 bridgehead atoms. The number of hydrogen-bond acceptors (Lipinski definition) is 4. The number of carbonyl (C=O) groups excluding carboxylic acids is 1. The number of nitrogens with two attached hydrogens (primary N) is 1. The number of rotatable bonds is 14. The van der Waals surface area contributed by atoms with Crippen LogP contribution in [0.5, 0.6) is 0 Å². The smallest absolute Gasteiger partial charge is 0.399 e. The fraction of sp³-hybridized carbons (Fsp3) is 0.680. The van der Waals surface area contributed by atoms with Crippen LogP contribution in [-0.4, -0.2) is 33.6 Å². The van der Waals surface area contributed by atoms with Crippen molar-refractivity contribution in [2.45, 2.75) is 109 Å². The standard InChI is InChI=1S/C25H38F3N3O2/c1-2-3-4-5-6-7-8-9-10-11-12-13-14-22-19-24(33,25(26,27)28)31(30-22)23(32)20-15-17-21(29)18-16-20/h15-18,33H,2-14,19,29H2,1H3. The van der Waals surface area contributed by atoms with Gasteiger partial charge in [0.25, 0.3) is 11.6 Å². The molecule has 0 spiro atoms. The number of nitrogen functional groups attached to an aromatic ring is 1. The second-order valence-corrected chi connectivity index (χ2v) is 9.04. The van der Waals surface area contributed by atoms with Crippen LogP contribution in [0.2, 0.25) is 0 Å². The van der Waals surface area contributed by atoms with E-state index in [1.54, 1.807) is 0 Å². The molecule has 0 saturated heterocycles. The Bertz CT molecular complexity index is 765. The second kappa shape index (κ2) is 13.0. The minimum absolute atomic E-state index is 0.0118. The molecule has 0 aliphatic carbocycles. The van der Waals surface area contributed by atoms with Crippen molar-refractivity contribution in [3.05, 3.63) is 29.8 Å². The predicted octanol–water partition coefficient (Wildman–Crippen LogP) is 6.81. The minimum atomic E-state index is -5.02. The molecular formula is C25H38F3N3O2. The van der Waals surface area contributed by atoms with E-state index >= 15 is 0 Å². The zero-order valence-electron chi connectivity index (χ0n) is 19.7. The number of carbonyl (C=O) groups is 1. The fourth-order valence-electron chi connectivity index (χ4n) is 4.11. The summed E-state index contributed by atoms with van der Waals surface area (Å²) in [6.07, 6.45) is 8.56. The van der Waals surface area contributed by atoms with E-state index in [0.717, 1.165) is 19.3 Å². The summed E-state index contributed by atoms with van der Waals surface area (Å²) in [7, 11) is 0.